The number of likely N-dealkylation sites (N-methyl/N-ethyl adjacent to an activating group) is 1. The third kappa shape index (κ3) is 3.42. The quantitative estimate of drug-likeness (QED) is 0.847. The smallest absolute Gasteiger partial charge is 0.251 e. The first-order chi connectivity index (χ1) is 9.58. The molecule has 0 fully saturated rings. The van der Waals surface area contributed by atoms with Crippen molar-refractivity contribution in [2.24, 2.45) is 0 Å². The molecule has 1 amide bonds. The minimum Gasteiger partial charge on any atom is -0.468 e. The van der Waals surface area contributed by atoms with Gasteiger partial charge in [-0.05, 0) is 32.3 Å². The molecule has 2 heterocycles. The summed E-state index contributed by atoms with van der Waals surface area (Å²) in [5, 5.41) is 2.76. The second kappa shape index (κ2) is 6.29. The Labute approximate surface area is 116 Å². The maximum Gasteiger partial charge on any atom is 0.251 e. The van der Waals surface area contributed by atoms with Crippen molar-refractivity contribution in [1.82, 2.24) is 15.2 Å². The summed E-state index contributed by atoms with van der Waals surface area (Å²) in [7, 11) is 3.79. The lowest BCUT2D eigenvalue weighted by Gasteiger charge is -2.22. The average Bonchev–Trinajstić information content (AvgIpc) is 2.92. The molecule has 0 spiro atoms. The van der Waals surface area contributed by atoms with E-state index in [0.717, 1.165) is 11.8 Å². The van der Waals surface area contributed by atoms with Gasteiger partial charge in [0.05, 0.1) is 12.3 Å². The number of pyridine rings is 1. The van der Waals surface area contributed by atoms with E-state index >= 15 is 0 Å². The Kier molecular flexibility index (Phi) is 4.47. The lowest BCUT2D eigenvalue weighted by Crippen LogP contribution is -2.34. The van der Waals surface area contributed by atoms with Gasteiger partial charge in [-0.3, -0.25) is 9.69 Å². The maximum absolute atomic E-state index is 13.0. The third-order valence-corrected chi connectivity index (χ3v) is 2.94. The summed E-state index contributed by atoms with van der Waals surface area (Å²) in [6.07, 6.45) is 2.85. The number of rotatable bonds is 5. The van der Waals surface area contributed by atoms with Crippen molar-refractivity contribution in [2.75, 3.05) is 20.6 Å². The van der Waals surface area contributed by atoms with Crippen LogP contribution in [0.2, 0.25) is 0 Å². The summed E-state index contributed by atoms with van der Waals surface area (Å²) in [4.78, 5) is 17.3. The Morgan fingerprint density at radius 1 is 1.50 bits per heavy atom. The Hall–Kier alpha value is -2.21. The average molecular weight is 277 g/mol. The van der Waals surface area contributed by atoms with E-state index in [2.05, 4.69) is 10.3 Å². The van der Waals surface area contributed by atoms with Gasteiger partial charge in [0.1, 0.15) is 5.76 Å². The molecule has 0 aromatic carbocycles. The van der Waals surface area contributed by atoms with E-state index in [1.807, 2.05) is 25.1 Å². The Morgan fingerprint density at radius 3 is 2.90 bits per heavy atom. The van der Waals surface area contributed by atoms with Gasteiger partial charge >= 0.3 is 0 Å². The summed E-state index contributed by atoms with van der Waals surface area (Å²) in [6, 6.07) is 6.14. The Balaban J connectivity index is 2.01. The van der Waals surface area contributed by atoms with Crippen LogP contribution in [-0.2, 0) is 0 Å². The molecule has 0 aliphatic heterocycles. The molecule has 0 aliphatic rings. The Morgan fingerprint density at radius 2 is 2.30 bits per heavy atom. The van der Waals surface area contributed by atoms with Crippen LogP contribution in [-0.4, -0.2) is 36.4 Å². The molecule has 2 rings (SSSR count). The molecule has 0 aliphatic carbocycles. The minimum atomic E-state index is -0.673. The van der Waals surface area contributed by atoms with E-state index in [1.54, 1.807) is 12.3 Å². The van der Waals surface area contributed by atoms with Crippen molar-refractivity contribution < 1.29 is 13.6 Å². The molecule has 2 aromatic rings. The largest absolute Gasteiger partial charge is 0.468 e. The zero-order valence-electron chi connectivity index (χ0n) is 11.3. The number of hydrogen-bond donors (Lipinski definition) is 1. The van der Waals surface area contributed by atoms with Crippen LogP contribution in [0.3, 0.4) is 0 Å². The van der Waals surface area contributed by atoms with Gasteiger partial charge in [-0.1, -0.05) is 0 Å². The zero-order valence-corrected chi connectivity index (χ0v) is 11.3. The highest BCUT2D eigenvalue weighted by Gasteiger charge is 2.18. The van der Waals surface area contributed by atoms with Crippen LogP contribution in [0.1, 0.15) is 22.2 Å². The lowest BCUT2D eigenvalue weighted by atomic mass is 10.2. The molecule has 0 saturated heterocycles. The van der Waals surface area contributed by atoms with E-state index < -0.39 is 5.95 Å². The molecule has 106 valence electrons. The number of amides is 1. The fourth-order valence-electron chi connectivity index (χ4n) is 1.85. The first kappa shape index (κ1) is 14.2. The van der Waals surface area contributed by atoms with Gasteiger partial charge in [-0.2, -0.15) is 4.39 Å². The normalized spacial score (nSPS) is 12.4. The highest BCUT2D eigenvalue weighted by atomic mass is 19.1. The molecule has 2 aromatic heterocycles. The van der Waals surface area contributed by atoms with Gasteiger partial charge in [0.25, 0.3) is 5.91 Å². The van der Waals surface area contributed by atoms with Crippen molar-refractivity contribution in [2.45, 2.75) is 6.04 Å². The van der Waals surface area contributed by atoms with Crippen LogP contribution in [0.15, 0.2) is 41.1 Å². The second-order valence-corrected chi connectivity index (χ2v) is 4.57. The molecule has 5 nitrogen and oxygen atoms in total. The number of furan rings is 1. The van der Waals surface area contributed by atoms with Gasteiger partial charge in [0, 0.05) is 24.4 Å². The minimum absolute atomic E-state index is 0.0827. The Bertz CT molecular complexity index is 570. The number of hydrogen-bond acceptors (Lipinski definition) is 4. The van der Waals surface area contributed by atoms with Crippen LogP contribution in [0.4, 0.5) is 4.39 Å². The van der Waals surface area contributed by atoms with Crippen molar-refractivity contribution >= 4 is 5.91 Å². The van der Waals surface area contributed by atoms with E-state index in [0.29, 0.717) is 6.54 Å². The number of nitrogens with one attached hydrogen (secondary N) is 1. The van der Waals surface area contributed by atoms with Gasteiger partial charge < -0.3 is 9.73 Å². The molecule has 1 N–H and O–H groups in total. The molecule has 1 atom stereocenters. The van der Waals surface area contributed by atoms with Crippen LogP contribution >= 0.6 is 0 Å². The van der Waals surface area contributed by atoms with Crippen molar-refractivity contribution in [3.05, 3.63) is 54.0 Å². The second-order valence-electron chi connectivity index (χ2n) is 4.57. The van der Waals surface area contributed by atoms with Crippen LogP contribution < -0.4 is 5.32 Å². The van der Waals surface area contributed by atoms with Gasteiger partial charge in [0.15, 0.2) is 0 Å². The van der Waals surface area contributed by atoms with Gasteiger partial charge in [0.2, 0.25) is 5.95 Å². The third-order valence-electron chi connectivity index (χ3n) is 2.94. The fourth-order valence-corrected chi connectivity index (χ4v) is 1.85. The molecular formula is C14H16FN3O2. The van der Waals surface area contributed by atoms with Crippen molar-refractivity contribution in [1.29, 1.82) is 0 Å². The first-order valence-electron chi connectivity index (χ1n) is 6.17. The molecule has 6 heteroatoms. The molecule has 0 saturated carbocycles. The van der Waals surface area contributed by atoms with Gasteiger partial charge in [-0.15, -0.1) is 0 Å². The SMILES string of the molecule is CN(C)C(CNC(=O)c1ccnc(F)c1)c1ccco1. The highest BCUT2D eigenvalue weighted by molar-refractivity contribution is 5.94. The van der Waals surface area contributed by atoms with E-state index in [9.17, 15) is 9.18 Å². The van der Waals surface area contributed by atoms with Crippen LogP contribution in [0, 0.1) is 5.95 Å². The summed E-state index contributed by atoms with van der Waals surface area (Å²) >= 11 is 0. The monoisotopic (exact) mass is 277 g/mol. The van der Waals surface area contributed by atoms with E-state index in [4.69, 9.17) is 4.42 Å². The summed E-state index contributed by atoms with van der Waals surface area (Å²) in [6.45, 7) is 0.364. The van der Waals surface area contributed by atoms with E-state index in [1.165, 1.54) is 12.3 Å². The van der Waals surface area contributed by atoms with Crippen molar-refractivity contribution in [3.63, 3.8) is 0 Å². The molecule has 1 unspecified atom stereocenters. The summed E-state index contributed by atoms with van der Waals surface area (Å²) in [5.74, 6) is -0.256. The standard InChI is InChI=1S/C14H16FN3O2/c1-18(2)11(12-4-3-7-20-12)9-17-14(19)10-5-6-16-13(15)8-10/h3-8,11H,9H2,1-2H3,(H,17,19). The molecular weight excluding hydrogens is 261 g/mol. The molecule has 0 bridgehead atoms. The highest BCUT2D eigenvalue weighted by Crippen LogP contribution is 2.17. The predicted molar refractivity (Wildman–Crippen MR) is 71.7 cm³/mol. The van der Waals surface area contributed by atoms with Gasteiger partial charge in [-0.25, -0.2) is 4.98 Å². The number of nitrogens with zero attached hydrogens (tertiary/aromatic N) is 2. The number of carbonyl (C=O) groups excluding carboxylic acids is 1. The maximum atomic E-state index is 13.0. The number of carbonyl (C=O) groups is 1. The van der Waals surface area contributed by atoms with Crippen LogP contribution in [0.5, 0.6) is 0 Å². The fraction of sp³-hybridized carbons (Fsp3) is 0.286. The lowest BCUT2D eigenvalue weighted by molar-refractivity contribution is 0.0938. The molecule has 20 heavy (non-hydrogen) atoms. The van der Waals surface area contributed by atoms with Crippen molar-refractivity contribution in [3.8, 4) is 0 Å². The summed E-state index contributed by atoms with van der Waals surface area (Å²) in [5.41, 5.74) is 0.245. The zero-order chi connectivity index (χ0) is 14.5. The van der Waals surface area contributed by atoms with E-state index in [-0.39, 0.29) is 17.5 Å². The molecule has 0 radical (unpaired) electrons. The van der Waals surface area contributed by atoms with Crippen LogP contribution in [0.25, 0.3) is 0 Å². The predicted octanol–water partition coefficient (Wildman–Crippen LogP) is 1.85. The number of halogens is 1. The number of aromatic nitrogens is 1. The first-order valence-corrected chi connectivity index (χ1v) is 6.17. The topological polar surface area (TPSA) is 58.4 Å². The summed E-state index contributed by atoms with van der Waals surface area (Å²) < 4.78 is 18.3.